The van der Waals surface area contributed by atoms with E-state index >= 15 is 0 Å². The zero-order chi connectivity index (χ0) is 21.5. The van der Waals surface area contributed by atoms with E-state index in [2.05, 4.69) is 14.6 Å². The van der Waals surface area contributed by atoms with Gasteiger partial charge in [0, 0.05) is 17.9 Å². The van der Waals surface area contributed by atoms with Crippen molar-refractivity contribution in [1.82, 2.24) is 5.01 Å². The van der Waals surface area contributed by atoms with E-state index in [1.807, 2.05) is 0 Å². The summed E-state index contributed by atoms with van der Waals surface area (Å²) in [7, 11) is 0. The first-order valence-electron chi connectivity index (χ1n) is 8.99. The van der Waals surface area contributed by atoms with Gasteiger partial charge in [-0.2, -0.15) is 5.10 Å². The second-order valence-corrected chi connectivity index (χ2v) is 7.22. The fourth-order valence-corrected chi connectivity index (χ4v) is 3.44. The average Bonchev–Trinajstić information content (AvgIpc) is 3.25. The Morgan fingerprint density at radius 3 is 2.53 bits per heavy atom. The van der Waals surface area contributed by atoms with E-state index in [4.69, 9.17) is 16.7 Å². The molecule has 1 N–H and O–H groups in total. The number of carboxylic acid groups (broad SMARTS) is 1. The van der Waals surface area contributed by atoms with Crippen LogP contribution in [0.15, 0.2) is 47.6 Å². The first kappa shape index (κ1) is 20.1. The predicted molar refractivity (Wildman–Crippen MR) is 102 cm³/mol. The highest BCUT2D eigenvalue weighted by atomic mass is 35.5. The molecule has 1 amide bonds. The van der Waals surface area contributed by atoms with Crippen molar-refractivity contribution in [3.63, 3.8) is 0 Å². The summed E-state index contributed by atoms with van der Waals surface area (Å²) in [6, 6.07) is 10.5. The fourth-order valence-electron chi connectivity index (χ4n) is 3.32. The van der Waals surface area contributed by atoms with Crippen molar-refractivity contribution in [3.8, 4) is 11.5 Å². The zero-order valence-electron chi connectivity index (χ0n) is 15.3. The molecule has 0 radical (unpaired) electrons. The monoisotopic (exact) mass is 436 g/mol. The minimum Gasteiger partial charge on any atom is -0.481 e. The van der Waals surface area contributed by atoms with Gasteiger partial charge in [0.05, 0.1) is 18.2 Å². The molecule has 0 saturated heterocycles. The van der Waals surface area contributed by atoms with Crippen molar-refractivity contribution in [1.29, 1.82) is 0 Å². The van der Waals surface area contributed by atoms with Crippen LogP contribution in [0.2, 0.25) is 5.02 Å². The normalized spacial score (nSPS) is 19.0. The third kappa shape index (κ3) is 4.06. The third-order valence-corrected chi connectivity index (χ3v) is 4.96. The number of aliphatic carboxylic acids is 1. The lowest BCUT2D eigenvalue weighted by atomic mass is 9.98. The van der Waals surface area contributed by atoms with Crippen molar-refractivity contribution in [2.24, 2.45) is 5.10 Å². The zero-order valence-corrected chi connectivity index (χ0v) is 16.1. The minimum atomic E-state index is -3.75. The van der Waals surface area contributed by atoms with Crippen molar-refractivity contribution < 1.29 is 33.0 Å². The van der Waals surface area contributed by atoms with E-state index in [0.717, 1.165) is 5.56 Å². The van der Waals surface area contributed by atoms with Crippen LogP contribution in [-0.4, -0.2) is 34.0 Å². The van der Waals surface area contributed by atoms with Gasteiger partial charge >= 0.3 is 12.3 Å². The average molecular weight is 437 g/mol. The molecule has 0 aliphatic carbocycles. The summed E-state index contributed by atoms with van der Waals surface area (Å²) in [4.78, 5) is 23.5. The Kier molecular flexibility index (Phi) is 5.07. The van der Waals surface area contributed by atoms with Crippen molar-refractivity contribution >= 4 is 29.2 Å². The minimum absolute atomic E-state index is 0.107. The molecule has 1 atom stereocenters. The number of alkyl halides is 2. The largest absolute Gasteiger partial charge is 0.586 e. The number of nitrogens with zero attached hydrogens (tertiary/aromatic N) is 2. The number of carbonyl (C=O) groups is 2. The van der Waals surface area contributed by atoms with E-state index in [-0.39, 0.29) is 24.3 Å². The van der Waals surface area contributed by atoms with E-state index < -0.39 is 24.2 Å². The number of carboxylic acids is 1. The lowest BCUT2D eigenvalue weighted by Crippen LogP contribution is -2.27. The summed E-state index contributed by atoms with van der Waals surface area (Å²) in [6.07, 6.45) is -4.04. The number of hydrogen-bond acceptors (Lipinski definition) is 5. The third-order valence-electron chi connectivity index (χ3n) is 4.71. The first-order valence-corrected chi connectivity index (χ1v) is 9.37. The molecule has 10 heteroatoms. The van der Waals surface area contributed by atoms with Gasteiger partial charge in [0.2, 0.25) is 5.91 Å². The van der Waals surface area contributed by atoms with Gasteiger partial charge in [-0.1, -0.05) is 29.8 Å². The predicted octanol–water partition coefficient (Wildman–Crippen LogP) is 4.20. The van der Waals surface area contributed by atoms with Crippen LogP contribution in [0.25, 0.3) is 0 Å². The Morgan fingerprint density at radius 2 is 1.83 bits per heavy atom. The molecule has 2 aromatic rings. The summed E-state index contributed by atoms with van der Waals surface area (Å²) in [6.45, 7) is 0. The van der Waals surface area contributed by atoms with Crippen LogP contribution in [0.4, 0.5) is 8.78 Å². The molecule has 30 heavy (non-hydrogen) atoms. The topological polar surface area (TPSA) is 88.4 Å². The van der Waals surface area contributed by atoms with Crippen LogP contribution in [0, 0.1) is 0 Å². The van der Waals surface area contributed by atoms with Crippen LogP contribution in [0.3, 0.4) is 0 Å². The van der Waals surface area contributed by atoms with Gasteiger partial charge in [-0.05, 0) is 35.4 Å². The van der Waals surface area contributed by atoms with Crippen molar-refractivity contribution in [2.75, 3.05) is 0 Å². The fraction of sp³-hybridized carbons (Fsp3) is 0.250. The Hall–Kier alpha value is -3.20. The van der Waals surface area contributed by atoms with Gasteiger partial charge < -0.3 is 14.6 Å². The Labute approximate surface area is 174 Å². The van der Waals surface area contributed by atoms with E-state index in [1.54, 1.807) is 30.3 Å². The van der Waals surface area contributed by atoms with Gasteiger partial charge in [-0.15, -0.1) is 8.78 Å². The quantitative estimate of drug-likeness (QED) is 0.758. The number of hydrogen-bond donors (Lipinski definition) is 1. The molecular formula is C20H15ClF2N2O5. The Morgan fingerprint density at radius 1 is 1.13 bits per heavy atom. The van der Waals surface area contributed by atoms with E-state index in [0.29, 0.717) is 22.7 Å². The maximum Gasteiger partial charge on any atom is 0.586 e. The van der Waals surface area contributed by atoms with Gasteiger partial charge in [0.1, 0.15) is 0 Å². The van der Waals surface area contributed by atoms with Crippen LogP contribution in [0.5, 0.6) is 11.5 Å². The lowest BCUT2D eigenvalue weighted by molar-refractivity contribution is -0.286. The SMILES string of the molecule is O=C(O)CCC(=O)N1N=C(c2ccc(Cl)cc2)CC1c1ccc2c(c1)OC(F)(F)O2. The molecule has 2 aliphatic heterocycles. The smallest absolute Gasteiger partial charge is 0.481 e. The van der Waals surface area contributed by atoms with E-state index in [9.17, 15) is 18.4 Å². The molecule has 156 valence electrons. The van der Waals surface area contributed by atoms with Crippen LogP contribution >= 0.6 is 11.6 Å². The molecule has 0 spiro atoms. The van der Waals surface area contributed by atoms with Gasteiger partial charge in [0.25, 0.3) is 0 Å². The number of carbonyl (C=O) groups excluding carboxylic acids is 1. The van der Waals surface area contributed by atoms with Gasteiger partial charge in [0.15, 0.2) is 11.5 Å². The molecule has 2 aromatic carbocycles. The number of amides is 1. The lowest BCUT2D eigenvalue weighted by Gasteiger charge is -2.22. The summed E-state index contributed by atoms with van der Waals surface area (Å²) in [5.74, 6) is -1.85. The van der Waals surface area contributed by atoms with Crippen molar-refractivity contribution in [3.05, 3.63) is 58.6 Å². The molecule has 0 saturated carbocycles. The Bertz CT molecular complexity index is 1040. The number of benzene rings is 2. The molecule has 0 bridgehead atoms. The first-order chi connectivity index (χ1) is 14.2. The number of hydrazone groups is 1. The molecule has 0 aromatic heterocycles. The number of rotatable bonds is 5. The van der Waals surface area contributed by atoms with Crippen LogP contribution < -0.4 is 9.47 Å². The second kappa shape index (κ2) is 7.56. The molecule has 0 fully saturated rings. The number of ether oxygens (including phenoxy) is 2. The molecular weight excluding hydrogens is 422 g/mol. The molecule has 2 aliphatic rings. The van der Waals surface area contributed by atoms with Crippen LogP contribution in [-0.2, 0) is 9.59 Å². The van der Waals surface area contributed by atoms with Crippen molar-refractivity contribution in [2.45, 2.75) is 31.6 Å². The molecule has 4 rings (SSSR count). The highest BCUT2D eigenvalue weighted by molar-refractivity contribution is 6.30. The van der Waals surface area contributed by atoms with Crippen LogP contribution in [0.1, 0.15) is 36.4 Å². The number of fused-ring (bicyclic) bond motifs is 1. The maximum absolute atomic E-state index is 13.3. The van der Waals surface area contributed by atoms with E-state index in [1.165, 1.54) is 17.1 Å². The molecule has 1 unspecified atom stereocenters. The second-order valence-electron chi connectivity index (χ2n) is 6.78. The highest BCUT2D eigenvalue weighted by Gasteiger charge is 2.44. The summed E-state index contributed by atoms with van der Waals surface area (Å²) < 4.78 is 35.6. The Balaban J connectivity index is 1.65. The summed E-state index contributed by atoms with van der Waals surface area (Å²) in [5, 5.41) is 15.0. The summed E-state index contributed by atoms with van der Waals surface area (Å²) in [5.41, 5.74) is 1.83. The summed E-state index contributed by atoms with van der Waals surface area (Å²) >= 11 is 5.92. The van der Waals surface area contributed by atoms with Gasteiger partial charge in [-0.25, -0.2) is 5.01 Å². The van der Waals surface area contributed by atoms with Gasteiger partial charge in [-0.3, -0.25) is 9.59 Å². The maximum atomic E-state index is 13.3. The molecule has 2 heterocycles. The molecule has 7 nitrogen and oxygen atoms in total. The standard InChI is InChI=1S/C20H15ClF2N2O5/c21-13-4-1-11(2-5-13)14-10-15(25(24-14)18(26)7-8-19(27)28)12-3-6-16-17(9-12)30-20(22,23)29-16/h1-6,9,15H,7-8,10H2,(H,27,28). The highest BCUT2D eigenvalue weighted by Crippen LogP contribution is 2.44. The number of halogens is 3.